The summed E-state index contributed by atoms with van der Waals surface area (Å²) in [6, 6.07) is 11.4. The summed E-state index contributed by atoms with van der Waals surface area (Å²) in [5.41, 5.74) is 0.817. The first-order valence-electron chi connectivity index (χ1n) is 5.95. The molecule has 0 fully saturated rings. The normalized spacial score (nSPS) is 10.3. The minimum Gasteiger partial charge on any atom is -0.492 e. The maximum absolute atomic E-state index is 10.9. The summed E-state index contributed by atoms with van der Waals surface area (Å²) in [7, 11) is 0. The first-order valence-corrected chi connectivity index (χ1v) is 6.83. The van der Waals surface area contributed by atoms with Crippen LogP contribution in [0.3, 0.4) is 0 Å². The van der Waals surface area contributed by atoms with Crippen molar-refractivity contribution in [1.82, 2.24) is 5.32 Å². The fraction of sp³-hybridized carbons (Fsp3) is 0.214. The Morgan fingerprint density at radius 1 is 1.26 bits per heavy atom. The minimum atomic E-state index is -0.868. The maximum Gasteiger partial charge on any atom is 0.346 e. The van der Waals surface area contributed by atoms with Crippen LogP contribution in [0.15, 0.2) is 41.8 Å². The number of carbonyl (C=O) groups is 1. The fourth-order valence-electron chi connectivity index (χ4n) is 1.64. The van der Waals surface area contributed by atoms with Crippen LogP contribution in [-0.2, 0) is 6.54 Å². The lowest BCUT2D eigenvalue weighted by atomic mass is 10.2. The van der Waals surface area contributed by atoms with Gasteiger partial charge in [-0.25, -0.2) is 4.79 Å². The van der Waals surface area contributed by atoms with Gasteiger partial charge in [-0.2, -0.15) is 0 Å². The average molecular weight is 277 g/mol. The van der Waals surface area contributed by atoms with Crippen molar-refractivity contribution < 1.29 is 14.6 Å². The smallest absolute Gasteiger partial charge is 0.346 e. The monoisotopic (exact) mass is 277 g/mol. The van der Waals surface area contributed by atoms with Crippen molar-refractivity contribution in [2.24, 2.45) is 0 Å². The number of hydrogen-bond donors (Lipinski definition) is 2. The molecule has 1 aromatic heterocycles. The number of hydrogen-bond acceptors (Lipinski definition) is 4. The van der Waals surface area contributed by atoms with Gasteiger partial charge >= 0.3 is 5.97 Å². The lowest BCUT2D eigenvalue weighted by Gasteiger charge is -2.07. The zero-order valence-corrected chi connectivity index (χ0v) is 11.2. The van der Waals surface area contributed by atoms with Crippen molar-refractivity contribution in [2.45, 2.75) is 6.54 Å². The molecule has 0 bridgehead atoms. The van der Waals surface area contributed by atoms with Crippen LogP contribution in [0.4, 0.5) is 0 Å². The van der Waals surface area contributed by atoms with E-state index in [1.165, 1.54) is 11.3 Å². The van der Waals surface area contributed by atoms with Crippen LogP contribution in [0, 0.1) is 0 Å². The predicted molar refractivity (Wildman–Crippen MR) is 74.9 cm³/mol. The summed E-state index contributed by atoms with van der Waals surface area (Å²) >= 11 is 1.25. The molecule has 5 heteroatoms. The molecule has 19 heavy (non-hydrogen) atoms. The zero-order chi connectivity index (χ0) is 13.5. The summed E-state index contributed by atoms with van der Waals surface area (Å²) in [4.78, 5) is 11.3. The minimum absolute atomic E-state index is 0.400. The van der Waals surface area contributed by atoms with Crippen LogP contribution < -0.4 is 10.1 Å². The van der Waals surface area contributed by atoms with Gasteiger partial charge in [-0.3, -0.25) is 0 Å². The summed E-state index contributed by atoms with van der Waals surface area (Å²) in [5.74, 6) is -0.0293. The van der Waals surface area contributed by atoms with Crippen LogP contribution in [-0.4, -0.2) is 24.2 Å². The Kier molecular flexibility index (Phi) is 4.94. The molecule has 2 aromatic rings. The zero-order valence-electron chi connectivity index (χ0n) is 10.3. The number of thiophene rings is 1. The molecule has 0 atom stereocenters. The van der Waals surface area contributed by atoms with Gasteiger partial charge in [0.05, 0.1) is 0 Å². The number of rotatable bonds is 7. The summed E-state index contributed by atoms with van der Waals surface area (Å²) in [6.45, 7) is 1.77. The van der Waals surface area contributed by atoms with Crippen molar-refractivity contribution in [3.8, 4) is 5.75 Å². The van der Waals surface area contributed by atoms with Gasteiger partial charge in [0.25, 0.3) is 0 Å². The first kappa shape index (κ1) is 13.6. The van der Waals surface area contributed by atoms with Gasteiger partial charge in [0.15, 0.2) is 0 Å². The molecular formula is C14H15NO3S. The van der Waals surface area contributed by atoms with Crippen molar-refractivity contribution in [1.29, 1.82) is 0 Å². The van der Waals surface area contributed by atoms with E-state index in [1.807, 2.05) is 36.4 Å². The number of carboxylic acid groups (broad SMARTS) is 1. The molecule has 0 aliphatic rings. The Hall–Kier alpha value is -1.85. The maximum atomic E-state index is 10.9. The molecule has 100 valence electrons. The van der Waals surface area contributed by atoms with Crippen molar-refractivity contribution >= 4 is 17.3 Å². The third-order valence-electron chi connectivity index (χ3n) is 2.55. The number of benzene rings is 1. The van der Waals surface area contributed by atoms with E-state index >= 15 is 0 Å². The van der Waals surface area contributed by atoms with Crippen LogP contribution in [0.1, 0.15) is 15.2 Å². The largest absolute Gasteiger partial charge is 0.492 e. The van der Waals surface area contributed by atoms with Gasteiger partial charge in [-0.05, 0) is 29.1 Å². The van der Waals surface area contributed by atoms with E-state index < -0.39 is 5.97 Å². The van der Waals surface area contributed by atoms with Gasteiger partial charge in [0, 0.05) is 13.1 Å². The topological polar surface area (TPSA) is 58.6 Å². The summed E-state index contributed by atoms with van der Waals surface area (Å²) < 4.78 is 5.53. The van der Waals surface area contributed by atoms with Crippen molar-refractivity contribution in [3.63, 3.8) is 0 Å². The Morgan fingerprint density at radius 2 is 2.05 bits per heavy atom. The number of para-hydroxylation sites is 1. The van der Waals surface area contributed by atoms with E-state index in [4.69, 9.17) is 9.84 Å². The molecular weight excluding hydrogens is 262 g/mol. The highest BCUT2D eigenvalue weighted by atomic mass is 32.1. The van der Waals surface area contributed by atoms with Crippen molar-refractivity contribution in [3.05, 3.63) is 52.2 Å². The lowest BCUT2D eigenvalue weighted by molar-refractivity contribution is 0.0701. The summed E-state index contributed by atoms with van der Waals surface area (Å²) in [6.07, 6.45) is 0. The highest BCUT2D eigenvalue weighted by molar-refractivity contribution is 7.12. The van der Waals surface area contributed by atoms with Gasteiger partial charge < -0.3 is 15.2 Å². The second-order valence-corrected chi connectivity index (χ2v) is 4.83. The van der Waals surface area contributed by atoms with E-state index in [0.717, 1.165) is 11.3 Å². The lowest BCUT2D eigenvalue weighted by Crippen LogP contribution is -2.21. The molecule has 0 spiro atoms. The second-order valence-electron chi connectivity index (χ2n) is 3.92. The van der Waals surface area contributed by atoms with Crippen LogP contribution in [0.2, 0.25) is 0 Å². The Balaban J connectivity index is 1.70. The van der Waals surface area contributed by atoms with Gasteiger partial charge in [0.1, 0.15) is 17.2 Å². The number of nitrogens with one attached hydrogen (secondary N) is 1. The summed E-state index contributed by atoms with van der Waals surface area (Å²) in [5, 5.41) is 13.9. The van der Waals surface area contributed by atoms with Crippen LogP contribution in [0.5, 0.6) is 5.75 Å². The third kappa shape index (κ3) is 4.08. The Labute approximate surface area is 115 Å². The SMILES string of the molecule is O=C(O)c1sccc1CNCCOc1ccccc1. The van der Waals surface area contributed by atoms with Gasteiger partial charge in [0.2, 0.25) is 0 Å². The molecule has 4 nitrogen and oxygen atoms in total. The quantitative estimate of drug-likeness (QED) is 0.764. The van der Waals surface area contributed by atoms with Gasteiger partial charge in [-0.1, -0.05) is 18.2 Å². The molecule has 0 radical (unpaired) electrons. The van der Waals surface area contributed by atoms with Crippen LogP contribution in [0.25, 0.3) is 0 Å². The number of aromatic carboxylic acids is 1. The third-order valence-corrected chi connectivity index (χ3v) is 3.49. The van der Waals surface area contributed by atoms with E-state index in [0.29, 0.717) is 24.6 Å². The molecule has 2 N–H and O–H groups in total. The first-order chi connectivity index (χ1) is 9.27. The predicted octanol–water partition coefficient (Wildman–Crippen LogP) is 2.61. The van der Waals surface area contributed by atoms with E-state index in [-0.39, 0.29) is 0 Å². The van der Waals surface area contributed by atoms with E-state index in [1.54, 1.807) is 5.38 Å². The second kappa shape index (κ2) is 6.92. The van der Waals surface area contributed by atoms with E-state index in [2.05, 4.69) is 5.32 Å². The molecule has 1 aromatic carbocycles. The van der Waals surface area contributed by atoms with E-state index in [9.17, 15) is 4.79 Å². The van der Waals surface area contributed by atoms with Crippen molar-refractivity contribution in [2.75, 3.05) is 13.2 Å². The highest BCUT2D eigenvalue weighted by Gasteiger charge is 2.10. The number of ether oxygens (including phenoxy) is 1. The van der Waals surface area contributed by atoms with Crippen LogP contribution >= 0.6 is 11.3 Å². The molecule has 0 unspecified atom stereocenters. The molecule has 1 heterocycles. The Morgan fingerprint density at radius 3 is 2.79 bits per heavy atom. The standard InChI is InChI=1S/C14H15NO3S/c16-14(17)13-11(6-9-19-13)10-15-7-8-18-12-4-2-1-3-5-12/h1-6,9,15H,7-8,10H2,(H,16,17). The molecule has 0 saturated carbocycles. The molecule has 0 aliphatic heterocycles. The highest BCUT2D eigenvalue weighted by Crippen LogP contribution is 2.16. The van der Waals surface area contributed by atoms with Gasteiger partial charge in [-0.15, -0.1) is 11.3 Å². The molecule has 0 saturated heterocycles. The molecule has 0 aliphatic carbocycles. The molecule has 2 rings (SSSR count). The fourth-order valence-corrected chi connectivity index (χ4v) is 2.40. The average Bonchev–Trinajstić information content (AvgIpc) is 2.88. The molecule has 0 amide bonds. The Bertz CT molecular complexity index is 524. The number of carboxylic acids is 1.